The first-order chi connectivity index (χ1) is 17.5. The average molecular weight is 571 g/mol. The molecule has 0 spiro atoms. The molecular weight excluding hydrogens is 537 g/mol. The van der Waals surface area contributed by atoms with E-state index in [9.17, 15) is 18.0 Å². The molecule has 1 aliphatic carbocycles. The Morgan fingerprint density at radius 2 is 1.78 bits per heavy atom. The molecule has 11 heteroatoms. The molecule has 0 aliphatic heterocycles. The summed E-state index contributed by atoms with van der Waals surface area (Å²) in [5.41, 5.74) is 0.867. The van der Waals surface area contributed by atoms with Crippen LogP contribution in [-0.2, 0) is 26.2 Å². The molecule has 37 heavy (non-hydrogen) atoms. The fourth-order valence-corrected chi connectivity index (χ4v) is 5.81. The highest BCUT2D eigenvalue weighted by atomic mass is 35.5. The Morgan fingerprint density at radius 1 is 1.11 bits per heavy atom. The van der Waals surface area contributed by atoms with Gasteiger partial charge in [0.15, 0.2) is 0 Å². The minimum atomic E-state index is -3.88. The van der Waals surface area contributed by atoms with E-state index in [1.54, 1.807) is 24.3 Å². The SMILES string of the molecule is CC[C@H](C(=O)NC1CCCC1)N(Cc1ccccc1Cl)C(=O)CN(c1ccc(OC)c(Cl)c1)S(C)(=O)=O. The van der Waals surface area contributed by atoms with Crippen molar-refractivity contribution in [2.75, 3.05) is 24.2 Å². The van der Waals surface area contributed by atoms with Crippen molar-refractivity contribution in [3.63, 3.8) is 0 Å². The van der Waals surface area contributed by atoms with Crippen LogP contribution in [0.3, 0.4) is 0 Å². The summed E-state index contributed by atoms with van der Waals surface area (Å²) < 4.78 is 31.6. The minimum absolute atomic E-state index is 0.0517. The maximum Gasteiger partial charge on any atom is 0.244 e. The van der Waals surface area contributed by atoms with Crippen LogP contribution in [0.2, 0.25) is 10.0 Å². The Morgan fingerprint density at radius 3 is 2.35 bits per heavy atom. The summed E-state index contributed by atoms with van der Waals surface area (Å²) in [6.07, 6.45) is 5.28. The zero-order valence-corrected chi connectivity index (χ0v) is 23.6. The third kappa shape index (κ3) is 7.52. The van der Waals surface area contributed by atoms with Crippen LogP contribution in [-0.4, -0.2) is 57.1 Å². The van der Waals surface area contributed by atoms with Gasteiger partial charge in [0, 0.05) is 17.6 Å². The molecule has 1 atom stereocenters. The normalized spacial score (nSPS) is 14.7. The zero-order valence-electron chi connectivity index (χ0n) is 21.2. The van der Waals surface area contributed by atoms with Crippen molar-refractivity contribution in [1.29, 1.82) is 0 Å². The number of ether oxygens (including phenoxy) is 1. The van der Waals surface area contributed by atoms with Gasteiger partial charge in [0.25, 0.3) is 0 Å². The van der Waals surface area contributed by atoms with Crippen LogP contribution >= 0.6 is 23.2 Å². The Balaban J connectivity index is 1.95. The molecule has 2 aromatic carbocycles. The molecule has 2 amide bonds. The second-order valence-corrected chi connectivity index (χ2v) is 11.8. The van der Waals surface area contributed by atoms with Gasteiger partial charge < -0.3 is 15.0 Å². The number of rotatable bonds is 11. The minimum Gasteiger partial charge on any atom is -0.495 e. The van der Waals surface area contributed by atoms with Crippen molar-refractivity contribution in [1.82, 2.24) is 10.2 Å². The highest BCUT2D eigenvalue weighted by molar-refractivity contribution is 7.92. The summed E-state index contributed by atoms with van der Waals surface area (Å²) in [5, 5.41) is 3.73. The third-order valence-electron chi connectivity index (χ3n) is 6.49. The molecular formula is C26H33Cl2N3O5S. The van der Waals surface area contributed by atoms with Crippen LogP contribution in [0.4, 0.5) is 5.69 Å². The molecule has 1 fully saturated rings. The molecule has 1 N–H and O–H groups in total. The van der Waals surface area contributed by atoms with E-state index in [4.69, 9.17) is 27.9 Å². The molecule has 202 valence electrons. The number of amides is 2. The second-order valence-electron chi connectivity index (χ2n) is 9.12. The molecule has 0 unspecified atom stereocenters. The summed E-state index contributed by atoms with van der Waals surface area (Å²) >= 11 is 12.6. The summed E-state index contributed by atoms with van der Waals surface area (Å²) in [6, 6.07) is 10.8. The number of methoxy groups -OCH3 is 1. The van der Waals surface area contributed by atoms with E-state index < -0.39 is 28.5 Å². The van der Waals surface area contributed by atoms with Crippen LogP contribution < -0.4 is 14.4 Å². The lowest BCUT2D eigenvalue weighted by Gasteiger charge is -2.33. The number of nitrogens with zero attached hydrogens (tertiary/aromatic N) is 2. The molecule has 1 saturated carbocycles. The van der Waals surface area contributed by atoms with Crippen molar-refractivity contribution < 1.29 is 22.7 Å². The van der Waals surface area contributed by atoms with Crippen molar-refractivity contribution in [2.24, 2.45) is 0 Å². The quantitative estimate of drug-likeness (QED) is 0.425. The Kier molecular flexibility index (Phi) is 10.1. The molecule has 3 rings (SSSR count). The fraction of sp³-hybridized carbons (Fsp3) is 0.462. The van der Waals surface area contributed by atoms with Crippen LogP contribution in [0, 0.1) is 0 Å². The molecule has 0 radical (unpaired) electrons. The monoisotopic (exact) mass is 569 g/mol. The first-order valence-electron chi connectivity index (χ1n) is 12.2. The molecule has 0 aromatic heterocycles. The highest BCUT2D eigenvalue weighted by Crippen LogP contribution is 2.30. The number of carbonyl (C=O) groups is 2. The van der Waals surface area contributed by atoms with Gasteiger partial charge in [0.2, 0.25) is 21.8 Å². The lowest BCUT2D eigenvalue weighted by atomic mass is 10.1. The van der Waals surface area contributed by atoms with Crippen LogP contribution in [0.5, 0.6) is 5.75 Å². The smallest absolute Gasteiger partial charge is 0.244 e. The van der Waals surface area contributed by atoms with Gasteiger partial charge in [-0.2, -0.15) is 0 Å². The zero-order chi connectivity index (χ0) is 27.2. The average Bonchev–Trinajstić information content (AvgIpc) is 3.35. The number of hydrogen-bond donors (Lipinski definition) is 1. The van der Waals surface area contributed by atoms with Crippen LogP contribution in [0.25, 0.3) is 0 Å². The number of benzene rings is 2. The number of hydrogen-bond acceptors (Lipinski definition) is 5. The van der Waals surface area contributed by atoms with Crippen molar-refractivity contribution in [2.45, 2.75) is 57.7 Å². The number of carbonyl (C=O) groups excluding carboxylic acids is 2. The van der Waals surface area contributed by atoms with E-state index in [2.05, 4.69) is 5.32 Å². The predicted octanol–water partition coefficient (Wildman–Crippen LogP) is 4.63. The first-order valence-corrected chi connectivity index (χ1v) is 14.8. The Hall–Kier alpha value is -2.49. The van der Waals surface area contributed by atoms with Crippen molar-refractivity contribution >= 4 is 50.7 Å². The van der Waals surface area contributed by atoms with Crippen molar-refractivity contribution in [3.8, 4) is 5.75 Å². The topological polar surface area (TPSA) is 96.0 Å². The van der Waals surface area contributed by atoms with E-state index in [-0.39, 0.29) is 29.2 Å². The predicted molar refractivity (Wildman–Crippen MR) is 147 cm³/mol. The van der Waals surface area contributed by atoms with E-state index >= 15 is 0 Å². The largest absolute Gasteiger partial charge is 0.495 e. The van der Waals surface area contributed by atoms with E-state index in [1.165, 1.54) is 30.2 Å². The number of anilines is 1. The van der Waals surface area contributed by atoms with Gasteiger partial charge in [-0.25, -0.2) is 8.42 Å². The van der Waals surface area contributed by atoms with Gasteiger partial charge in [0.1, 0.15) is 18.3 Å². The summed E-state index contributed by atoms with van der Waals surface area (Å²) in [4.78, 5) is 28.5. The van der Waals surface area contributed by atoms with E-state index in [0.717, 1.165) is 36.2 Å². The van der Waals surface area contributed by atoms with Crippen LogP contribution in [0.15, 0.2) is 42.5 Å². The van der Waals surface area contributed by atoms with E-state index in [1.807, 2.05) is 6.92 Å². The lowest BCUT2D eigenvalue weighted by molar-refractivity contribution is -0.140. The summed E-state index contributed by atoms with van der Waals surface area (Å²) in [5.74, 6) is -0.418. The number of sulfonamides is 1. The Bertz CT molecular complexity index is 1220. The maximum atomic E-state index is 13.8. The van der Waals surface area contributed by atoms with Gasteiger partial charge in [0.05, 0.1) is 24.1 Å². The molecule has 2 aromatic rings. The fourth-order valence-electron chi connectivity index (χ4n) is 4.52. The highest BCUT2D eigenvalue weighted by Gasteiger charge is 2.33. The molecule has 0 heterocycles. The molecule has 0 saturated heterocycles. The first kappa shape index (κ1) is 29.1. The van der Waals surface area contributed by atoms with Gasteiger partial charge in [-0.3, -0.25) is 13.9 Å². The molecule has 8 nitrogen and oxygen atoms in total. The number of nitrogens with one attached hydrogen (secondary N) is 1. The molecule has 1 aliphatic rings. The maximum absolute atomic E-state index is 13.8. The van der Waals surface area contributed by atoms with Gasteiger partial charge >= 0.3 is 0 Å². The Labute approximate surface area is 228 Å². The van der Waals surface area contributed by atoms with Crippen LogP contribution in [0.1, 0.15) is 44.6 Å². The third-order valence-corrected chi connectivity index (χ3v) is 8.29. The van der Waals surface area contributed by atoms with Crippen molar-refractivity contribution in [3.05, 3.63) is 58.1 Å². The lowest BCUT2D eigenvalue weighted by Crippen LogP contribution is -2.53. The molecule has 0 bridgehead atoms. The summed E-state index contributed by atoms with van der Waals surface area (Å²) in [7, 11) is -2.42. The summed E-state index contributed by atoms with van der Waals surface area (Å²) in [6.45, 7) is 1.36. The van der Waals surface area contributed by atoms with Gasteiger partial charge in [-0.05, 0) is 49.1 Å². The van der Waals surface area contributed by atoms with Gasteiger partial charge in [-0.1, -0.05) is 61.2 Å². The van der Waals surface area contributed by atoms with Gasteiger partial charge in [-0.15, -0.1) is 0 Å². The number of halogens is 2. The standard InChI is InChI=1S/C26H33Cl2N3O5S/c1-4-23(26(33)29-19-10-6-7-11-19)30(16-18-9-5-8-12-21(18)27)25(32)17-31(37(3,34)35)20-13-14-24(36-2)22(28)15-20/h5,8-9,12-15,19,23H,4,6-7,10-11,16-17H2,1-3H3,(H,29,33)/t23-/m1/s1. The second kappa shape index (κ2) is 12.8. The van der Waals surface area contributed by atoms with E-state index in [0.29, 0.717) is 22.8 Å².